The Bertz CT molecular complexity index is 1660. The Hall–Kier alpha value is -4.43. The van der Waals surface area contributed by atoms with E-state index in [2.05, 4.69) is 15.6 Å². The maximum atomic E-state index is 14.8. The number of carbonyl (C=O) groups is 5. The number of Topliss-reactive ketones (excluding diaryl/α,β-unsaturated/α-hetero) is 2. The van der Waals surface area contributed by atoms with Gasteiger partial charge in [0.15, 0.2) is 5.78 Å². The topological polar surface area (TPSA) is 134 Å². The molecule has 0 unspecified atom stereocenters. The van der Waals surface area contributed by atoms with E-state index in [1.54, 1.807) is 24.3 Å². The molecule has 3 rings (SSSR count). The fourth-order valence-corrected chi connectivity index (χ4v) is 5.00. The standard InChI is InChI=1S/C33H31Cl2F5N4O5/c1-18(2)21(28(46)33(39,40)31(49)42-17-32(36,37)38)16-26(45)27(20-8-4-3-5-9-20)44-30(48)25(15-19-11-12-22(34)23(35)14-19)43-29(47)24-10-6-7-13-41-24/h3-14,18,21,25,27H,15-17H2,1-2H3,(H,42,49)(H,43,47)(H,44,48)/t21-,25-,27-/m0/s1. The van der Waals surface area contributed by atoms with Crippen molar-refractivity contribution < 1.29 is 45.9 Å². The molecule has 0 aliphatic rings. The molecule has 0 radical (unpaired) electrons. The lowest BCUT2D eigenvalue weighted by atomic mass is 9.82. The monoisotopic (exact) mass is 728 g/mol. The van der Waals surface area contributed by atoms with Crippen molar-refractivity contribution in [3.63, 3.8) is 0 Å². The van der Waals surface area contributed by atoms with E-state index >= 15 is 0 Å². The van der Waals surface area contributed by atoms with Gasteiger partial charge < -0.3 is 16.0 Å². The number of aromatic nitrogens is 1. The van der Waals surface area contributed by atoms with Gasteiger partial charge in [-0.3, -0.25) is 29.0 Å². The van der Waals surface area contributed by atoms with Crippen molar-refractivity contribution in [3.8, 4) is 0 Å². The maximum Gasteiger partial charge on any atom is 0.405 e. The summed E-state index contributed by atoms with van der Waals surface area (Å²) in [7, 11) is 0. The molecular weight excluding hydrogens is 698 g/mol. The van der Waals surface area contributed by atoms with Crippen LogP contribution in [0.2, 0.25) is 10.0 Å². The molecule has 1 heterocycles. The molecule has 2 aromatic carbocycles. The van der Waals surface area contributed by atoms with Gasteiger partial charge in [-0.25, -0.2) is 0 Å². The number of hydrogen-bond donors (Lipinski definition) is 3. The summed E-state index contributed by atoms with van der Waals surface area (Å²) in [6, 6.07) is 13.7. The first-order chi connectivity index (χ1) is 22.9. The molecule has 0 saturated carbocycles. The van der Waals surface area contributed by atoms with Crippen molar-refractivity contribution in [1.29, 1.82) is 0 Å². The van der Waals surface area contributed by atoms with Gasteiger partial charge in [0.2, 0.25) is 11.7 Å². The average Bonchev–Trinajstić information content (AvgIpc) is 3.05. The molecule has 0 aliphatic heterocycles. The third-order valence-electron chi connectivity index (χ3n) is 7.29. The summed E-state index contributed by atoms with van der Waals surface area (Å²) in [5.74, 6) is -14.8. The number of carbonyl (C=O) groups excluding carboxylic acids is 5. The van der Waals surface area contributed by atoms with Crippen molar-refractivity contribution in [2.45, 2.75) is 50.9 Å². The third kappa shape index (κ3) is 11.0. The SMILES string of the molecule is CC(C)[C@H](CC(=O)[C@@H](NC(=O)[C@H](Cc1ccc(Cl)c(Cl)c1)NC(=O)c1ccccn1)c1ccccc1)C(=O)C(F)(F)C(=O)NCC(F)(F)F. The summed E-state index contributed by atoms with van der Waals surface area (Å²) in [5, 5.41) is 6.50. The van der Waals surface area contributed by atoms with E-state index in [1.807, 2.05) is 0 Å². The van der Waals surface area contributed by atoms with E-state index < -0.39 is 78.3 Å². The van der Waals surface area contributed by atoms with Gasteiger partial charge in [0, 0.05) is 25.0 Å². The first-order valence-electron chi connectivity index (χ1n) is 14.7. The largest absolute Gasteiger partial charge is 0.405 e. The van der Waals surface area contributed by atoms with Crippen LogP contribution in [0.5, 0.6) is 0 Å². The van der Waals surface area contributed by atoms with Crippen molar-refractivity contribution in [1.82, 2.24) is 20.9 Å². The second kappa shape index (κ2) is 16.8. The smallest absolute Gasteiger partial charge is 0.341 e. The first-order valence-corrected chi connectivity index (χ1v) is 15.5. The van der Waals surface area contributed by atoms with Gasteiger partial charge in [-0.15, -0.1) is 0 Å². The summed E-state index contributed by atoms with van der Waals surface area (Å²) in [4.78, 5) is 69.4. The second-order valence-corrected chi connectivity index (χ2v) is 12.1. The Kier molecular flexibility index (Phi) is 13.4. The molecule has 0 fully saturated rings. The predicted octanol–water partition coefficient (Wildman–Crippen LogP) is 5.70. The van der Waals surface area contributed by atoms with Crippen LogP contribution in [0.3, 0.4) is 0 Å². The number of nitrogens with one attached hydrogen (secondary N) is 3. The van der Waals surface area contributed by atoms with Gasteiger partial charge >= 0.3 is 12.1 Å². The van der Waals surface area contributed by atoms with Gasteiger partial charge in [0.1, 0.15) is 24.3 Å². The highest BCUT2D eigenvalue weighted by Crippen LogP contribution is 2.30. The van der Waals surface area contributed by atoms with Crippen molar-refractivity contribution >= 4 is 52.5 Å². The Morgan fingerprint density at radius 2 is 1.49 bits per heavy atom. The van der Waals surface area contributed by atoms with E-state index in [4.69, 9.17) is 23.2 Å². The Morgan fingerprint density at radius 1 is 0.837 bits per heavy atom. The molecule has 0 bridgehead atoms. The molecule has 3 N–H and O–H groups in total. The number of amides is 3. The molecule has 49 heavy (non-hydrogen) atoms. The number of benzene rings is 2. The molecule has 0 spiro atoms. The van der Waals surface area contributed by atoms with Crippen LogP contribution in [0.15, 0.2) is 72.9 Å². The zero-order valence-electron chi connectivity index (χ0n) is 26.0. The number of alkyl halides is 5. The second-order valence-electron chi connectivity index (χ2n) is 11.3. The Morgan fingerprint density at radius 3 is 2.06 bits per heavy atom. The minimum Gasteiger partial charge on any atom is -0.341 e. The number of halogens is 7. The fourth-order valence-electron chi connectivity index (χ4n) is 4.68. The minimum atomic E-state index is -5.02. The molecule has 262 valence electrons. The molecule has 16 heteroatoms. The Balaban J connectivity index is 1.92. The molecule has 3 amide bonds. The van der Waals surface area contributed by atoms with Gasteiger partial charge in [0.25, 0.3) is 11.8 Å². The lowest BCUT2D eigenvalue weighted by Gasteiger charge is -2.27. The number of nitrogens with zero attached hydrogens (tertiary/aromatic N) is 1. The van der Waals surface area contributed by atoms with Crippen LogP contribution in [0.25, 0.3) is 0 Å². The number of hydrogen-bond acceptors (Lipinski definition) is 6. The maximum absolute atomic E-state index is 14.8. The summed E-state index contributed by atoms with van der Waals surface area (Å²) >= 11 is 12.2. The van der Waals surface area contributed by atoms with Crippen LogP contribution in [-0.4, -0.2) is 59.0 Å². The van der Waals surface area contributed by atoms with E-state index in [-0.39, 0.29) is 27.7 Å². The van der Waals surface area contributed by atoms with Crippen LogP contribution in [0, 0.1) is 11.8 Å². The minimum absolute atomic E-state index is 0.0244. The van der Waals surface area contributed by atoms with Crippen LogP contribution < -0.4 is 16.0 Å². The van der Waals surface area contributed by atoms with Crippen molar-refractivity contribution in [2.75, 3.05) is 6.54 Å². The van der Waals surface area contributed by atoms with E-state index in [0.29, 0.717) is 5.56 Å². The van der Waals surface area contributed by atoms with E-state index in [9.17, 15) is 45.9 Å². The molecule has 3 atom stereocenters. The number of rotatable bonds is 15. The third-order valence-corrected chi connectivity index (χ3v) is 8.03. The van der Waals surface area contributed by atoms with Crippen LogP contribution >= 0.6 is 23.2 Å². The van der Waals surface area contributed by atoms with Gasteiger partial charge in [-0.05, 0) is 41.3 Å². The average molecular weight is 730 g/mol. The summed E-state index contributed by atoms with van der Waals surface area (Å²) in [5.41, 5.74) is 0.633. The number of pyridine rings is 1. The van der Waals surface area contributed by atoms with Gasteiger partial charge in [-0.1, -0.05) is 79.5 Å². The van der Waals surface area contributed by atoms with E-state index in [0.717, 1.165) is 5.32 Å². The lowest BCUT2D eigenvalue weighted by molar-refractivity contribution is -0.167. The highest BCUT2D eigenvalue weighted by atomic mass is 35.5. The number of ketones is 2. The van der Waals surface area contributed by atoms with Crippen LogP contribution in [0.4, 0.5) is 22.0 Å². The van der Waals surface area contributed by atoms with E-state index in [1.165, 1.54) is 62.5 Å². The highest BCUT2D eigenvalue weighted by molar-refractivity contribution is 6.42. The van der Waals surface area contributed by atoms with Gasteiger partial charge in [-0.2, -0.15) is 22.0 Å². The summed E-state index contributed by atoms with van der Waals surface area (Å²) < 4.78 is 67.2. The quantitative estimate of drug-likeness (QED) is 0.136. The van der Waals surface area contributed by atoms with Crippen molar-refractivity contribution in [2.24, 2.45) is 11.8 Å². The lowest BCUT2D eigenvalue weighted by Crippen LogP contribution is -2.52. The first kappa shape index (κ1) is 39.0. The molecular formula is C33H31Cl2F5N4O5. The molecule has 0 saturated heterocycles. The van der Waals surface area contributed by atoms with Gasteiger partial charge in [0.05, 0.1) is 10.0 Å². The zero-order valence-corrected chi connectivity index (χ0v) is 27.5. The normalized spacial score (nSPS) is 13.6. The molecule has 9 nitrogen and oxygen atoms in total. The van der Waals surface area contributed by atoms with Crippen molar-refractivity contribution in [3.05, 3.63) is 99.8 Å². The van der Waals surface area contributed by atoms with Crippen LogP contribution in [0.1, 0.15) is 47.9 Å². The van der Waals surface area contributed by atoms with Crippen LogP contribution in [-0.2, 0) is 25.6 Å². The highest BCUT2D eigenvalue weighted by Gasteiger charge is 2.52. The fraction of sp³-hybridized carbons (Fsp3) is 0.333. The molecule has 0 aliphatic carbocycles. The Labute approximate surface area is 287 Å². The molecule has 1 aromatic heterocycles. The summed E-state index contributed by atoms with van der Waals surface area (Å²) in [6.07, 6.45) is -4.72. The zero-order chi connectivity index (χ0) is 36.5. The summed E-state index contributed by atoms with van der Waals surface area (Å²) in [6.45, 7) is 0.536. The molecule has 3 aromatic rings. The predicted molar refractivity (Wildman–Crippen MR) is 170 cm³/mol.